The van der Waals surface area contributed by atoms with Gasteiger partial charge in [-0.05, 0) is 31.3 Å². The summed E-state index contributed by atoms with van der Waals surface area (Å²) < 4.78 is 29.8. The topological polar surface area (TPSA) is 142 Å². The summed E-state index contributed by atoms with van der Waals surface area (Å²) in [7, 11) is -0.00707. The summed E-state index contributed by atoms with van der Waals surface area (Å²) in [6.07, 6.45) is 2.98. The Bertz CT molecular complexity index is 1380. The number of amides is 1. The van der Waals surface area contributed by atoms with Crippen LogP contribution < -0.4 is 25.6 Å². The molecular formula is C25H32N8O4S. The Morgan fingerprint density at radius 3 is 2.34 bits per heavy atom. The second kappa shape index (κ2) is 12.0. The molecular weight excluding hydrogens is 508 g/mol. The van der Waals surface area contributed by atoms with Crippen molar-refractivity contribution in [1.29, 1.82) is 0 Å². The lowest BCUT2D eigenvalue weighted by Gasteiger charge is -2.36. The van der Waals surface area contributed by atoms with Crippen molar-refractivity contribution >= 4 is 44.7 Å². The SMILES string of the molecule is CNCCC(=O)N1CCN(c2ccc(Nc3ncnc(Nc4ccccc4S(C)(=O)=O)n3)c(OC)c2)CC1. The number of piperazine rings is 1. The number of carbonyl (C=O) groups is 1. The second-order valence-electron chi connectivity index (χ2n) is 8.76. The molecule has 0 bridgehead atoms. The molecule has 1 amide bonds. The number of nitrogens with zero attached hydrogens (tertiary/aromatic N) is 5. The molecule has 1 aliphatic heterocycles. The molecule has 0 spiro atoms. The molecule has 1 saturated heterocycles. The highest BCUT2D eigenvalue weighted by molar-refractivity contribution is 7.90. The van der Waals surface area contributed by atoms with Gasteiger partial charge in [0.05, 0.1) is 23.4 Å². The third-order valence-corrected chi connectivity index (χ3v) is 7.28. The van der Waals surface area contributed by atoms with Gasteiger partial charge in [-0.15, -0.1) is 0 Å². The Hall–Kier alpha value is -3.97. The van der Waals surface area contributed by atoms with Crippen LogP contribution in [0.2, 0.25) is 0 Å². The van der Waals surface area contributed by atoms with E-state index in [2.05, 4.69) is 35.8 Å². The standard InChI is InChI=1S/C25H32N8O4S/c1-26-11-10-23(34)33-14-12-32(13-15-33)18-8-9-19(21(16-18)37-2)29-24-27-17-28-25(31-24)30-20-6-4-5-7-22(20)38(3,35)36/h4-9,16-17,26H,10-15H2,1-3H3,(H2,27,28,29,30,31). The number of ether oxygens (including phenoxy) is 1. The predicted octanol–water partition coefficient (Wildman–Crippen LogP) is 2.03. The minimum Gasteiger partial charge on any atom is -0.494 e. The van der Waals surface area contributed by atoms with Crippen LogP contribution >= 0.6 is 0 Å². The molecule has 4 rings (SSSR count). The Kier molecular flexibility index (Phi) is 8.59. The summed E-state index contributed by atoms with van der Waals surface area (Å²) in [6.45, 7) is 3.50. The number of benzene rings is 2. The van der Waals surface area contributed by atoms with E-state index in [0.717, 1.165) is 25.0 Å². The van der Waals surface area contributed by atoms with Gasteiger partial charge in [-0.2, -0.15) is 4.98 Å². The van der Waals surface area contributed by atoms with Gasteiger partial charge >= 0.3 is 0 Å². The molecule has 3 N–H and O–H groups in total. The van der Waals surface area contributed by atoms with E-state index in [9.17, 15) is 13.2 Å². The first-order chi connectivity index (χ1) is 18.3. The lowest BCUT2D eigenvalue weighted by Crippen LogP contribution is -2.49. The fraction of sp³-hybridized carbons (Fsp3) is 0.360. The van der Waals surface area contributed by atoms with Gasteiger partial charge in [-0.1, -0.05) is 12.1 Å². The summed E-state index contributed by atoms with van der Waals surface area (Å²) in [6, 6.07) is 12.3. The van der Waals surface area contributed by atoms with E-state index >= 15 is 0 Å². The Morgan fingerprint density at radius 1 is 1.00 bits per heavy atom. The van der Waals surface area contributed by atoms with Gasteiger partial charge in [0, 0.05) is 57.2 Å². The number of hydrogen-bond donors (Lipinski definition) is 3. The van der Waals surface area contributed by atoms with Crippen LogP contribution in [-0.4, -0.2) is 87.3 Å². The zero-order valence-corrected chi connectivity index (χ0v) is 22.5. The predicted molar refractivity (Wildman–Crippen MR) is 146 cm³/mol. The van der Waals surface area contributed by atoms with Crippen molar-refractivity contribution < 1.29 is 17.9 Å². The first-order valence-electron chi connectivity index (χ1n) is 12.2. The largest absolute Gasteiger partial charge is 0.494 e. The Labute approximate surface area is 222 Å². The highest BCUT2D eigenvalue weighted by Gasteiger charge is 2.22. The number of hydrogen-bond acceptors (Lipinski definition) is 11. The van der Waals surface area contributed by atoms with Crippen molar-refractivity contribution in [3.63, 3.8) is 0 Å². The van der Waals surface area contributed by atoms with Crippen LogP contribution in [0.4, 0.5) is 29.0 Å². The van der Waals surface area contributed by atoms with Crippen molar-refractivity contribution in [2.75, 3.05) is 68.7 Å². The smallest absolute Gasteiger partial charge is 0.232 e. The van der Waals surface area contributed by atoms with E-state index in [0.29, 0.717) is 43.2 Å². The minimum atomic E-state index is -3.44. The fourth-order valence-corrected chi connectivity index (χ4v) is 4.98. The lowest BCUT2D eigenvalue weighted by atomic mass is 10.2. The number of methoxy groups -OCH3 is 1. The summed E-state index contributed by atoms with van der Waals surface area (Å²) in [5, 5.41) is 9.11. The summed E-state index contributed by atoms with van der Waals surface area (Å²) >= 11 is 0. The van der Waals surface area contributed by atoms with Gasteiger partial charge in [0.25, 0.3) is 0 Å². The summed E-state index contributed by atoms with van der Waals surface area (Å²) in [4.78, 5) is 29.2. The van der Waals surface area contributed by atoms with Crippen molar-refractivity contribution in [3.05, 3.63) is 48.8 Å². The maximum absolute atomic E-state index is 12.3. The first-order valence-corrected chi connectivity index (χ1v) is 14.0. The quantitative estimate of drug-likeness (QED) is 0.348. The van der Waals surface area contributed by atoms with Gasteiger partial charge in [-0.3, -0.25) is 4.79 Å². The maximum Gasteiger partial charge on any atom is 0.232 e. The van der Waals surface area contributed by atoms with Gasteiger partial charge in [-0.25, -0.2) is 18.4 Å². The molecule has 0 saturated carbocycles. The van der Waals surface area contributed by atoms with Crippen molar-refractivity contribution in [2.24, 2.45) is 0 Å². The van der Waals surface area contributed by atoms with Gasteiger partial charge in [0.15, 0.2) is 9.84 Å². The number of para-hydroxylation sites is 1. The van der Waals surface area contributed by atoms with Crippen molar-refractivity contribution in [1.82, 2.24) is 25.2 Å². The van der Waals surface area contributed by atoms with Crippen LogP contribution in [0.5, 0.6) is 5.75 Å². The molecule has 0 radical (unpaired) electrons. The highest BCUT2D eigenvalue weighted by atomic mass is 32.2. The summed E-state index contributed by atoms with van der Waals surface area (Å²) in [5.74, 6) is 1.23. The molecule has 1 aliphatic rings. The van der Waals surface area contributed by atoms with Crippen LogP contribution in [0.25, 0.3) is 0 Å². The fourth-order valence-electron chi connectivity index (χ4n) is 4.13. The molecule has 1 fully saturated rings. The molecule has 0 aliphatic carbocycles. The number of anilines is 5. The van der Waals surface area contributed by atoms with Crippen molar-refractivity contribution in [2.45, 2.75) is 11.3 Å². The molecule has 13 heteroatoms. The van der Waals surface area contributed by atoms with E-state index in [1.54, 1.807) is 25.3 Å². The number of rotatable bonds is 10. The van der Waals surface area contributed by atoms with Crippen LogP contribution in [0.1, 0.15) is 6.42 Å². The zero-order chi connectivity index (χ0) is 27.1. The average molecular weight is 541 g/mol. The van der Waals surface area contributed by atoms with E-state index in [1.807, 2.05) is 30.1 Å². The van der Waals surface area contributed by atoms with Gasteiger partial charge in [0.2, 0.25) is 17.8 Å². The minimum absolute atomic E-state index is 0.148. The number of sulfone groups is 1. The lowest BCUT2D eigenvalue weighted by molar-refractivity contribution is -0.131. The Morgan fingerprint density at radius 2 is 1.68 bits per heavy atom. The van der Waals surface area contributed by atoms with Crippen LogP contribution in [-0.2, 0) is 14.6 Å². The number of carbonyl (C=O) groups excluding carboxylic acids is 1. The molecule has 38 heavy (non-hydrogen) atoms. The van der Waals surface area contributed by atoms with Crippen LogP contribution in [0.15, 0.2) is 53.7 Å². The molecule has 3 aromatic rings. The van der Waals surface area contributed by atoms with E-state index in [-0.39, 0.29) is 22.7 Å². The normalized spacial score (nSPS) is 13.8. The molecule has 1 aromatic heterocycles. The highest BCUT2D eigenvalue weighted by Crippen LogP contribution is 2.32. The van der Waals surface area contributed by atoms with E-state index < -0.39 is 9.84 Å². The summed E-state index contributed by atoms with van der Waals surface area (Å²) in [5.41, 5.74) is 2.02. The molecule has 2 heterocycles. The third kappa shape index (κ3) is 6.66. The Balaban J connectivity index is 1.44. The first kappa shape index (κ1) is 27.1. The molecule has 202 valence electrons. The number of aromatic nitrogens is 3. The molecule has 0 atom stereocenters. The van der Waals surface area contributed by atoms with Gasteiger partial charge < -0.3 is 30.5 Å². The zero-order valence-electron chi connectivity index (χ0n) is 21.6. The molecule has 2 aromatic carbocycles. The monoisotopic (exact) mass is 540 g/mol. The number of nitrogens with one attached hydrogen (secondary N) is 3. The maximum atomic E-state index is 12.3. The molecule has 12 nitrogen and oxygen atoms in total. The third-order valence-electron chi connectivity index (χ3n) is 6.12. The van der Waals surface area contributed by atoms with E-state index in [4.69, 9.17) is 4.74 Å². The van der Waals surface area contributed by atoms with Gasteiger partial charge in [0.1, 0.15) is 12.1 Å². The van der Waals surface area contributed by atoms with E-state index in [1.165, 1.54) is 12.4 Å². The van der Waals surface area contributed by atoms with Crippen LogP contribution in [0, 0.1) is 0 Å². The average Bonchev–Trinajstić information content (AvgIpc) is 2.92. The van der Waals surface area contributed by atoms with Crippen molar-refractivity contribution in [3.8, 4) is 5.75 Å². The second-order valence-corrected chi connectivity index (χ2v) is 10.7. The molecule has 0 unspecified atom stereocenters. The van der Waals surface area contributed by atoms with Crippen LogP contribution in [0.3, 0.4) is 0 Å².